The van der Waals surface area contributed by atoms with Crippen LogP contribution in [0, 0.1) is 22.7 Å². The second kappa shape index (κ2) is 8.57. The van der Waals surface area contributed by atoms with E-state index >= 15 is 0 Å². The fourth-order valence-electron chi connectivity index (χ4n) is 2.38. The maximum Gasteiger partial charge on any atom is 0.103 e. The molecule has 0 spiro atoms. The van der Waals surface area contributed by atoms with Gasteiger partial charge in [0.05, 0.1) is 26.9 Å². The minimum absolute atomic E-state index is 0.112. The third kappa shape index (κ3) is 4.33. The number of anilines is 2. The predicted molar refractivity (Wildman–Crippen MR) is 111 cm³/mol. The number of nitrogens with one attached hydrogen (secondary N) is 1. The number of hydrogen-bond acceptors (Lipinski definition) is 4. The van der Waals surface area contributed by atoms with Crippen LogP contribution in [0.1, 0.15) is 11.1 Å². The zero-order valence-corrected chi connectivity index (χ0v) is 16.7. The molecule has 0 atom stereocenters. The first-order valence-electron chi connectivity index (χ1n) is 7.65. The summed E-state index contributed by atoms with van der Waals surface area (Å²) in [6, 6.07) is 20.3. The molecule has 0 aliphatic heterocycles. The first-order valence-corrected chi connectivity index (χ1v) is 9.60. The lowest BCUT2D eigenvalue weighted by Gasteiger charge is -2.14. The summed E-state index contributed by atoms with van der Waals surface area (Å²) < 4.78 is 0. The van der Waals surface area contributed by atoms with E-state index in [1.165, 1.54) is 11.8 Å². The molecule has 0 aromatic heterocycles. The van der Waals surface area contributed by atoms with Crippen molar-refractivity contribution in [2.45, 2.75) is 9.79 Å². The lowest BCUT2D eigenvalue weighted by molar-refractivity contribution is 1.34. The van der Waals surface area contributed by atoms with Crippen LogP contribution in [0.5, 0.6) is 0 Å². The second-order valence-corrected chi connectivity index (χ2v) is 7.68. The smallest absolute Gasteiger partial charge is 0.103 e. The van der Waals surface area contributed by atoms with Gasteiger partial charge in [0.1, 0.15) is 12.1 Å². The van der Waals surface area contributed by atoms with Gasteiger partial charge in [-0.15, -0.1) is 0 Å². The Bertz CT molecular complexity index is 1090. The highest BCUT2D eigenvalue weighted by Crippen LogP contribution is 2.42. The number of nitrogens with zero attached hydrogens (tertiary/aromatic N) is 2. The van der Waals surface area contributed by atoms with E-state index < -0.39 is 0 Å². The Balaban J connectivity index is 2.11. The monoisotopic (exact) mass is 429 g/mol. The van der Waals surface area contributed by atoms with Crippen LogP contribution in [0.3, 0.4) is 0 Å². The van der Waals surface area contributed by atoms with Crippen LogP contribution in [-0.4, -0.2) is 0 Å². The van der Waals surface area contributed by atoms with Crippen molar-refractivity contribution >= 4 is 57.9 Å². The maximum atomic E-state index is 9.55. The minimum Gasteiger partial charge on any atom is -0.354 e. The molecule has 0 amide bonds. The van der Waals surface area contributed by atoms with Gasteiger partial charge in [0, 0.05) is 20.5 Å². The molecule has 0 unspecified atom stereocenters. The van der Waals surface area contributed by atoms with Gasteiger partial charge in [-0.3, -0.25) is 0 Å². The number of nitriles is 2. The third-order valence-electron chi connectivity index (χ3n) is 3.62. The van der Waals surface area contributed by atoms with E-state index in [2.05, 4.69) is 11.4 Å². The van der Waals surface area contributed by atoms with Gasteiger partial charge in [0.25, 0.3) is 0 Å². The molecule has 0 aliphatic rings. The fourth-order valence-corrected chi connectivity index (χ4v) is 4.11. The average Bonchev–Trinajstić information content (AvgIpc) is 2.67. The maximum absolute atomic E-state index is 9.55. The van der Waals surface area contributed by atoms with E-state index in [0.29, 0.717) is 25.5 Å². The van der Waals surface area contributed by atoms with E-state index in [4.69, 9.17) is 34.8 Å². The molecule has 0 fully saturated rings. The molecule has 0 aliphatic carbocycles. The average molecular weight is 431 g/mol. The van der Waals surface area contributed by atoms with Gasteiger partial charge >= 0.3 is 0 Å². The first-order chi connectivity index (χ1) is 13.0. The third-order valence-corrected chi connectivity index (χ3v) is 5.90. The molecule has 27 heavy (non-hydrogen) atoms. The summed E-state index contributed by atoms with van der Waals surface area (Å²) >= 11 is 20.0. The Labute approximate surface area is 176 Å². The quantitative estimate of drug-likeness (QED) is 0.472. The molecule has 132 valence electrons. The zero-order valence-electron chi connectivity index (χ0n) is 13.6. The summed E-state index contributed by atoms with van der Waals surface area (Å²) in [5.74, 6) is 0. The van der Waals surface area contributed by atoms with Crippen molar-refractivity contribution in [3.63, 3.8) is 0 Å². The topological polar surface area (TPSA) is 59.6 Å². The summed E-state index contributed by atoms with van der Waals surface area (Å²) in [7, 11) is 0. The summed E-state index contributed by atoms with van der Waals surface area (Å²) in [5, 5.41) is 23.5. The minimum atomic E-state index is 0.112. The Morgan fingerprint density at radius 2 is 1.52 bits per heavy atom. The molecule has 0 heterocycles. The van der Waals surface area contributed by atoms with Crippen LogP contribution in [0.4, 0.5) is 11.4 Å². The summed E-state index contributed by atoms with van der Waals surface area (Å²) in [5.41, 5.74) is 1.58. The SMILES string of the molecule is N#Cc1c(Nc2ccccc2)cc(Sc2cc(Cl)ccc2Cl)c(Cl)c1C#N. The zero-order chi connectivity index (χ0) is 19.4. The Kier molecular flexibility index (Phi) is 6.16. The molecular formula is C20H10Cl3N3S. The van der Waals surface area contributed by atoms with Gasteiger partial charge in [0.2, 0.25) is 0 Å². The molecule has 0 radical (unpaired) electrons. The molecule has 0 saturated carbocycles. The van der Waals surface area contributed by atoms with Gasteiger partial charge < -0.3 is 5.32 Å². The van der Waals surface area contributed by atoms with Crippen molar-refractivity contribution in [2.75, 3.05) is 5.32 Å². The van der Waals surface area contributed by atoms with Crippen molar-refractivity contribution in [1.29, 1.82) is 10.5 Å². The number of para-hydroxylation sites is 1. The van der Waals surface area contributed by atoms with Crippen molar-refractivity contribution in [3.8, 4) is 12.1 Å². The van der Waals surface area contributed by atoms with E-state index in [-0.39, 0.29) is 16.1 Å². The van der Waals surface area contributed by atoms with E-state index in [9.17, 15) is 10.5 Å². The second-order valence-electron chi connectivity index (χ2n) is 5.38. The lowest BCUT2D eigenvalue weighted by atomic mass is 10.1. The summed E-state index contributed by atoms with van der Waals surface area (Å²) in [4.78, 5) is 1.29. The predicted octanol–water partition coefficient (Wildman–Crippen LogP) is 7.28. The fraction of sp³-hybridized carbons (Fsp3) is 0. The molecule has 3 rings (SSSR count). The van der Waals surface area contributed by atoms with Crippen LogP contribution in [0.15, 0.2) is 64.4 Å². The van der Waals surface area contributed by atoms with Crippen LogP contribution in [0.2, 0.25) is 15.1 Å². The van der Waals surface area contributed by atoms with Gasteiger partial charge in [0.15, 0.2) is 0 Å². The Morgan fingerprint density at radius 3 is 2.19 bits per heavy atom. The van der Waals surface area contributed by atoms with E-state index in [0.717, 1.165) is 5.69 Å². The summed E-state index contributed by atoms with van der Waals surface area (Å²) in [6.45, 7) is 0. The standard InChI is InChI=1S/C20H10Cl3N3S/c21-12-6-7-16(22)18(8-12)27-19-9-17(26-13-4-2-1-3-5-13)14(10-24)15(11-25)20(19)23/h1-9,26H. The molecule has 0 bridgehead atoms. The van der Waals surface area contributed by atoms with E-state index in [1.807, 2.05) is 36.4 Å². The molecule has 3 aromatic carbocycles. The van der Waals surface area contributed by atoms with Gasteiger partial charge in [-0.25, -0.2) is 0 Å². The number of benzene rings is 3. The molecule has 3 aromatic rings. The van der Waals surface area contributed by atoms with Gasteiger partial charge in [-0.05, 0) is 36.4 Å². The normalized spacial score (nSPS) is 10.1. The number of hydrogen-bond donors (Lipinski definition) is 1. The van der Waals surface area contributed by atoms with Crippen molar-refractivity contribution < 1.29 is 0 Å². The summed E-state index contributed by atoms with van der Waals surface area (Å²) in [6.07, 6.45) is 0. The van der Waals surface area contributed by atoms with E-state index in [1.54, 1.807) is 24.3 Å². The first kappa shape index (κ1) is 19.4. The van der Waals surface area contributed by atoms with Crippen LogP contribution >= 0.6 is 46.6 Å². The van der Waals surface area contributed by atoms with Crippen LogP contribution in [0.25, 0.3) is 0 Å². The molecule has 7 heteroatoms. The van der Waals surface area contributed by atoms with Crippen molar-refractivity contribution in [3.05, 3.63) is 80.8 Å². The van der Waals surface area contributed by atoms with Crippen LogP contribution < -0.4 is 5.32 Å². The van der Waals surface area contributed by atoms with Gasteiger partial charge in [-0.2, -0.15) is 10.5 Å². The number of halogens is 3. The molecule has 3 nitrogen and oxygen atoms in total. The molecular weight excluding hydrogens is 421 g/mol. The number of rotatable bonds is 4. The highest BCUT2D eigenvalue weighted by molar-refractivity contribution is 7.99. The highest BCUT2D eigenvalue weighted by atomic mass is 35.5. The van der Waals surface area contributed by atoms with Crippen molar-refractivity contribution in [1.82, 2.24) is 0 Å². The Hall–Kier alpha value is -2.34. The highest BCUT2D eigenvalue weighted by Gasteiger charge is 2.19. The largest absolute Gasteiger partial charge is 0.354 e. The molecule has 0 saturated heterocycles. The Morgan fingerprint density at radius 1 is 0.815 bits per heavy atom. The van der Waals surface area contributed by atoms with Crippen molar-refractivity contribution in [2.24, 2.45) is 0 Å². The van der Waals surface area contributed by atoms with Crippen LogP contribution in [-0.2, 0) is 0 Å². The molecule has 1 N–H and O–H groups in total. The lowest BCUT2D eigenvalue weighted by Crippen LogP contribution is -1.98. The van der Waals surface area contributed by atoms with Gasteiger partial charge in [-0.1, -0.05) is 64.8 Å².